The van der Waals surface area contributed by atoms with Crippen molar-refractivity contribution in [2.45, 2.75) is 52.4 Å². The van der Waals surface area contributed by atoms with Crippen molar-refractivity contribution < 1.29 is 18.9 Å². The Morgan fingerprint density at radius 1 is 0.500 bits per heavy atom. The van der Waals surface area contributed by atoms with Gasteiger partial charge < -0.3 is 18.9 Å². The lowest BCUT2D eigenvalue weighted by molar-refractivity contribution is -0.0332. The van der Waals surface area contributed by atoms with E-state index in [1.807, 2.05) is 36.4 Å². The van der Waals surface area contributed by atoms with E-state index >= 15 is 0 Å². The summed E-state index contributed by atoms with van der Waals surface area (Å²) in [5.41, 5.74) is 9.91. The highest BCUT2D eigenvalue weighted by molar-refractivity contribution is 5.38. The van der Waals surface area contributed by atoms with Crippen LogP contribution in [0, 0.1) is 13.8 Å². The Bertz CT molecular complexity index is 2060. The molecule has 0 spiro atoms. The van der Waals surface area contributed by atoms with Crippen LogP contribution in [-0.2, 0) is 35.8 Å². The zero-order chi connectivity index (χ0) is 38.4. The topological polar surface area (TPSA) is 43.4 Å². The Hall–Kier alpha value is -5.24. The normalized spacial score (nSPS) is 17.4. The lowest BCUT2D eigenvalue weighted by atomic mass is 10.0. The van der Waals surface area contributed by atoms with Gasteiger partial charge in [0.15, 0.2) is 0 Å². The van der Waals surface area contributed by atoms with Gasteiger partial charge in [-0.1, -0.05) is 133 Å². The maximum absolute atomic E-state index is 6.10. The molecule has 0 aromatic heterocycles. The van der Waals surface area contributed by atoms with Crippen molar-refractivity contribution in [3.05, 3.63) is 202 Å². The molecule has 8 rings (SSSR count). The summed E-state index contributed by atoms with van der Waals surface area (Å²) in [6.45, 7) is 12.7. The first-order chi connectivity index (χ1) is 27.6. The fraction of sp³-hybridized carbons (Fsp3) is 0.280. The van der Waals surface area contributed by atoms with E-state index in [9.17, 15) is 0 Å². The predicted molar refractivity (Wildman–Crippen MR) is 225 cm³/mol. The molecular formula is C50H54N2O4. The van der Waals surface area contributed by atoms with Crippen LogP contribution in [0.25, 0.3) is 0 Å². The molecule has 2 heterocycles. The molecule has 56 heavy (non-hydrogen) atoms. The molecule has 6 aromatic carbocycles. The van der Waals surface area contributed by atoms with E-state index in [1.54, 1.807) is 0 Å². The first-order valence-corrected chi connectivity index (χ1v) is 19.9. The minimum absolute atomic E-state index is 0.110. The summed E-state index contributed by atoms with van der Waals surface area (Å²) >= 11 is 0. The fourth-order valence-electron chi connectivity index (χ4n) is 7.38. The molecule has 2 aliphatic rings. The van der Waals surface area contributed by atoms with Gasteiger partial charge in [0.05, 0.1) is 25.4 Å². The molecule has 0 bridgehead atoms. The molecule has 2 fully saturated rings. The van der Waals surface area contributed by atoms with Gasteiger partial charge in [-0.2, -0.15) is 0 Å². The van der Waals surface area contributed by atoms with Gasteiger partial charge in [0.25, 0.3) is 0 Å². The number of hydrogen-bond donors (Lipinski definition) is 0. The lowest BCUT2D eigenvalue weighted by Crippen LogP contribution is -2.38. The van der Waals surface area contributed by atoms with Crippen molar-refractivity contribution in [3.8, 4) is 11.5 Å². The van der Waals surface area contributed by atoms with Crippen LogP contribution in [0.4, 0.5) is 0 Å². The Balaban J connectivity index is 0.000000172. The van der Waals surface area contributed by atoms with Crippen LogP contribution in [-0.4, -0.2) is 49.2 Å². The number of nitrogens with zero attached hydrogens (tertiary/aromatic N) is 2. The summed E-state index contributed by atoms with van der Waals surface area (Å²) < 4.78 is 24.2. The van der Waals surface area contributed by atoms with E-state index in [1.165, 1.54) is 38.9 Å². The number of morpholine rings is 2. The summed E-state index contributed by atoms with van der Waals surface area (Å²) in [4.78, 5) is 4.95. The van der Waals surface area contributed by atoms with Crippen LogP contribution in [0.15, 0.2) is 158 Å². The van der Waals surface area contributed by atoms with E-state index in [2.05, 4.69) is 145 Å². The number of rotatable bonds is 12. The van der Waals surface area contributed by atoms with Crippen LogP contribution >= 0.6 is 0 Å². The zero-order valence-corrected chi connectivity index (χ0v) is 32.8. The second-order valence-electron chi connectivity index (χ2n) is 14.8. The molecular weight excluding hydrogens is 693 g/mol. The second-order valence-corrected chi connectivity index (χ2v) is 14.8. The fourth-order valence-corrected chi connectivity index (χ4v) is 7.38. The van der Waals surface area contributed by atoms with Gasteiger partial charge in [-0.3, -0.25) is 9.80 Å². The summed E-state index contributed by atoms with van der Waals surface area (Å²) in [5.74, 6) is 1.84. The van der Waals surface area contributed by atoms with Crippen molar-refractivity contribution in [2.24, 2.45) is 0 Å². The smallest absolute Gasteiger partial charge is 0.122 e. The Labute approximate surface area is 333 Å². The van der Waals surface area contributed by atoms with Crippen LogP contribution in [0.1, 0.15) is 56.7 Å². The molecule has 6 nitrogen and oxygen atoms in total. The summed E-state index contributed by atoms with van der Waals surface area (Å²) in [6, 6.07) is 54.6. The molecule has 2 saturated heterocycles. The van der Waals surface area contributed by atoms with Crippen LogP contribution < -0.4 is 9.47 Å². The molecule has 6 heteroatoms. The summed E-state index contributed by atoms with van der Waals surface area (Å²) in [7, 11) is 0. The molecule has 2 unspecified atom stereocenters. The van der Waals surface area contributed by atoms with E-state index < -0.39 is 0 Å². The molecule has 0 N–H and O–H groups in total. The predicted octanol–water partition coefficient (Wildman–Crippen LogP) is 10.3. The van der Waals surface area contributed by atoms with Gasteiger partial charge in [0.1, 0.15) is 24.7 Å². The third-order valence-electron chi connectivity index (χ3n) is 10.4. The average Bonchev–Trinajstić information content (AvgIpc) is 3.24. The standard InChI is InChI=1S/2C25H27NO2/c1-20-16-23(28-19-22-10-6-3-7-11-22)12-13-24(20)25-18-26(14-15-27-25)17-21-8-4-2-5-9-21;1-20-16-23(12-13-24(20)28-19-22-10-6-3-7-11-22)25-18-26(14-15-27-25)17-21-8-4-2-5-9-21/h2*2-13,16,25H,14-15,17-19H2,1H3. The molecule has 0 radical (unpaired) electrons. The Kier molecular flexibility index (Phi) is 14.0. The SMILES string of the molecule is Cc1cc(C2CN(Cc3ccccc3)CCO2)ccc1OCc1ccccc1.Cc1cc(OCc2ccccc2)ccc1C1CN(Cc2ccccc2)CCO1. The van der Waals surface area contributed by atoms with Gasteiger partial charge in [-0.05, 0) is 82.6 Å². The van der Waals surface area contributed by atoms with E-state index in [0.717, 1.165) is 69.5 Å². The molecule has 0 aliphatic carbocycles. The van der Waals surface area contributed by atoms with Crippen molar-refractivity contribution in [2.75, 3.05) is 39.4 Å². The average molecular weight is 747 g/mol. The Morgan fingerprint density at radius 3 is 1.54 bits per heavy atom. The highest BCUT2D eigenvalue weighted by atomic mass is 16.5. The van der Waals surface area contributed by atoms with Gasteiger partial charge >= 0.3 is 0 Å². The number of aryl methyl sites for hydroxylation is 2. The lowest BCUT2D eigenvalue weighted by Gasteiger charge is -2.34. The van der Waals surface area contributed by atoms with E-state index in [-0.39, 0.29) is 12.2 Å². The van der Waals surface area contributed by atoms with E-state index in [4.69, 9.17) is 18.9 Å². The third kappa shape index (κ3) is 11.4. The number of hydrogen-bond acceptors (Lipinski definition) is 6. The third-order valence-corrected chi connectivity index (χ3v) is 10.4. The van der Waals surface area contributed by atoms with Crippen molar-refractivity contribution >= 4 is 0 Å². The number of ether oxygens (including phenoxy) is 4. The first kappa shape index (κ1) is 39.0. The minimum Gasteiger partial charge on any atom is -0.489 e. The maximum Gasteiger partial charge on any atom is 0.122 e. The van der Waals surface area contributed by atoms with Crippen molar-refractivity contribution in [1.29, 1.82) is 0 Å². The Morgan fingerprint density at radius 2 is 1.00 bits per heavy atom. The van der Waals surface area contributed by atoms with Crippen LogP contribution in [0.5, 0.6) is 11.5 Å². The molecule has 0 amide bonds. The minimum atomic E-state index is 0.110. The summed E-state index contributed by atoms with van der Waals surface area (Å²) in [5, 5.41) is 0. The van der Waals surface area contributed by atoms with Crippen molar-refractivity contribution in [1.82, 2.24) is 9.80 Å². The highest BCUT2D eigenvalue weighted by Crippen LogP contribution is 2.30. The van der Waals surface area contributed by atoms with Gasteiger partial charge in [-0.15, -0.1) is 0 Å². The quantitative estimate of drug-likeness (QED) is 0.124. The van der Waals surface area contributed by atoms with Gasteiger partial charge in [0, 0.05) is 39.3 Å². The van der Waals surface area contributed by atoms with Crippen LogP contribution in [0.3, 0.4) is 0 Å². The molecule has 0 saturated carbocycles. The monoisotopic (exact) mass is 746 g/mol. The maximum atomic E-state index is 6.10. The van der Waals surface area contributed by atoms with E-state index in [0.29, 0.717) is 13.2 Å². The second kappa shape index (κ2) is 20.1. The zero-order valence-electron chi connectivity index (χ0n) is 32.8. The molecule has 6 aromatic rings. The molecule has 288 valence electrons. The molecule has 2 atom stereocenters. The summed E-state index contributed by atoms with van der Waals surface area (Å²) in [6.07, 6.45) is 0.222. The first-order valence-electron chi connectivity index (χ1n) is 19.9. The van der Waals surface area contributed by atoms with Gasteiger partial charge in [0.2, 0.25) is 0 Å². The number of benzene rings is 6. The largest absolute Gasteiger partial charge is 0.489 e. The van der Waals surface area contributed by atoms with Crippen molar-refractivity contribution in [3.63, 3.8) is 0 Å². The van der Waals surface area contributed by atoms with Crippen LogP contribution in [0.2, 0.25) is 0 Å². The molecule has 2 aliphatic heterocycles. The highest BCUT2D eigenvalue weighted by Gasteiger charge is 2.24. The van der Waals surface area contributed by atoms with Gasteiger partial charge in [-0.25, -0.2) is 0 Å².